The smallest absolute Gasteiger partial charge is 0.407 e. The number of carbonyl (C=O) groups is 7. The van der Waals surface area contributed by atoms with Crippen LogP contribution in [-0.4, -0.2) is 206 Å². The molecule has 1 aliphatic heterocycles. The van der Waals surface area contributed by atoms with E-state index >= 15 is 0 Å². The Hall–Kier alpha value is -4.13. The van der Waals surface area contributed by atoms with Crippen molar-refractivity contribution < 1.29 is 80.9 Å². The van der Waals surface area contributed by atoms with E-state index in [0.29, 0.717) is 13.2 Å². The molecule has 0 aromatic heterocycles. The lowest BCUT2D eigenvalue weighted by Gasteiger charge is -2.20. The van der Waals surface area contributed by atoms with Gasteiger partial charge in [-0.05, 0) is 12.8 Å². The van der Waals surface area contributed by atoms with Crippen molar-refractivity contribution in [1.29, 1.82) is 0 Å². The first-order valence-electron chi connectivity index (χ1n) is 19.8. The lowest BCUT2D eigenvalue weighted by molar-refractivity contribution is -0.150. The molecule has 23 heteroatoms. The van der Waals surface area contributed by atoms with Gasteiger partial charge in [0.2, 0.25) is 11.8 Å². The summed E-state index contributed by atoms with van der Waals surface area (Å²) in [6, 6.07) is 0. The zero-order valence-corrected chi connectivity index (χ0v) is 34.0. The van der Waals surface area contributed by atoms with Gasteiger partial charge in [0.15, 0.2) is 7.85 Å². The van der Waals surface area contributed by atoms with E-state index in [2.05, 4.69) is 21.3 Å². The Morgan fingerprint density at radius 1 is 0.441 bits per heavy atom. The van der Waals surface area contributed by atoms with Crippen molar-refractivity contribution in [2.75, 3.05) is 152 Å². The summed E-state index contributed by atoms with van der Waals surface area (Å²) in [4.78, 5) is 84.5. The number of esters is 2. The molecule has 0 unspecified atom stereocenters. The summed E-state index contributed by atoms with van der Waals surface area (Å²) in [6.07, 6.45) is 4.21. The van der Waals surface area contributed by atoms with Crippen LogP contribution in [0.1, 0.15) is 38.5 Å². The fraction of sp³-hybridized carbons (Fsp3) is 0.806. The van der Waals surface area contributed by atoms with Crippen molar-refractivity contribution in [2.45, 2.75) is 38.5 Å². The Balaban J connectivity index is 2.37. The maximum atomic E-state index is 12.0. The zero-order chi connectivity index (χ0) is 43.0. The van der Waals surface area contributed by atoms with Gasteiger partial charge in [-0.15, -0.1) is 0 Å². The molecule has 1 saturated heterocycles. The van der Waals surface area contributed by atoms with Gasteiger partial charge in [-0.3, -0.25) is 14.5 Å². The third-order valence-corrected chi connectivity index (χ3v) is 7.54. The predicted molar refractivity (Wildman–Crippen MR) is 206 cm³/mol. The summed E-state index contributed by atoms with van der Waals surface area (Å²) in [5.74, 6) is -2.40. The molecule has 1 heterocycles. The number of amides is 4. The zero-order valence-electron chi connectivity index (χ0n) is 34.0. The molecule has 59 heavy (non-hydrogen) atoms. The van der Waals surface area contributed by atoms with E-state index < -0.39 is 54.8 Å². The minimum atomic E-state index is -0.736. The van der Waals surface area contributed by atoms with Crippen LogP contribution in [0.15, 0.2) is 0 Å². The maximum Gasteiger partial charge on any atom is 0.407 e. The Labute approximate surface area is 346 Å². The fourth-order valence-corrected chi connectivity index (χ4v) is 4.67. The van der Waals surface area contributed by atoms with Crippen molar-refractivity contribution in [1.82, 2.24) is 26.2 Å². The topological polar surface area (TPSA) is 263 Å². The molecule has 0 atom stereocenters. The van der Waals surface area contributed by atoms with Crippen LogP contribution in [-0.2, 0) is 71.3 Å². The van der Waals surface area contributed by atoms with E-state index in [1.807, 2.05) is 0 Å². The molecule has 0 aromatic rings. The van der Waals surface area contributed by atoms with E-state index in [1.165, 1.54) is 4.90 Å². The normalized spacial score (nSPS) is 21.4. The number of carbonyl (C=O) groups excluding carboxylic acids is 7. The summed E-state index contributed by atoms with van der Waals surface area (Å²) >= 11 is 0. The van der Waals surface area contributed by atoms with Crippen LogP contribution >= 0.6 is 0 Å². The van der Waals surface area contributed by atoms with Gasteiger partial charge in [-0.2, -0.15) is 0 Å². The van der Waals surface area contributed by atoms with Gasteiger partial charge in [-0.1, -0.05) is 25.7 Å². The van der Waals surface area contributed by atoms with Crippen molar-refractivity contribution in [3.8, 4) is 0 Å². The molecule has 4 N–H and O–H groups in total. The maximum absolute atomic E-state index is 12.0. The summed E-state index contributed by atoms with van der Waals surface area (Å²) in [5.41, 5.74) is -0.651. The van der Waals surface area contributed by atoms with Gasteiger partial charge in [0.05, 0.1) is 71.8 Å². The Kier molecular flexibility index (Phi) is 34.2. The summed E-state index contributed by atoms with van der Waals surface area (Å²) in [7, 11) is 5.28. The van der Waals surface area contributed by atoms with Gasteiger partial charge in [-0.25, -0.2) is 19.2 Å². The van der Waals surface area contributed by atoms with Crippen molar-refractivity contribution >= 4 is 49.5 Å². The number of alkyl carbamates (subject to hydrolysis) is 2. The van der Waals surface area contributed by atoms with Crippen LogP contribution in [0.2, 0.25) is 0 Å². The number of nitrogens with one attached hydrogen (secondary N) is 4. The SMILES string of the molecule is [B]C(=O)CN1CCOC(=O)COCC(=O)NCCOCCOCCNC(=O)OCCCCCCCCOC(=O)NCCOCCOCCNC(=O)COCC(=O)OCC1. The van der Waals surface area contributed by atoms with Crippen molar-refractivity contribution in [3.05, 3.63) is 0 Å². The molecule has 336 valence electrons. The molecule has 1 aliphatic rings. The molecular weight excluding hydrogens is 785 g/mol. The van der Waals surface area contributed by atoms with Gasteiger partial charge >= 0.3 is 24.1 Å². The number of ether oxygens (including phenoxy) is 10. The molecule has 22 nitrogen and oxygen atoms in total. The second-order valence-corrected chi connectivity index (χ2v) is 12.6. The van der Waals surface area contributed by atoms with Crippen LogP contribution in [0.3, 0.4) is 0 Å². The Bertz CT molecular complexity index is 1110. The summed E-state index contributed by atoms with van der Waals surface area (Å²) < 4.78 is 52.2. The largest absolute Gasteiger partial charge is 0.463 e. The Morgan fingerprint density at radius 2 is 0.814 bits per heavy atom. The number of cyclic esters (lactones) is 4. The van der Waals surface area contributed by atoms with E-state index in [9.17, 15) is 33.6 Å². The first-order chi connectivity index (χ1) is 28.7. The molecule has 4 amide bonds. The second kappa shape index (κ2) is 38.1. The molecule has 0 aliphatic carbocycles. The lowest BCUT2D eigenvalue weighted by Crippen LogP contribution is -2.37. The minimum absolute atomic E-state index is 0.0895. The highest BCUT2D eigenvalue weighted by molar-refractivity contribution is 6.58. The average Bonchev–Trinajstić information content (AvgIpc) is 3.19. The number of hydrogen-bond acceptors (Lipinski definition) is 18. The van der Waals surface area contributed by atoms with Gasteiger partial charge < -0.3 is 73.4 Å². The minimum Gasteiger partial charge on any atom is -0.463 e. The molecular formula is C36H62BN5O17. The van der Waals surface area contributed by atoms with Gasteiger partial charge in [0.25, 0.3) is 0 Å². The van der Waals surface area contributed by atoms with E-state index in [0.717, 1.165) is 38.5 Å². The highest BCUT2D eigenvalue weighted by atomic mass is 16.6. The number of hydrogen-bond donors (Lipinski definition) is 4. The van der Waals surface area contributed by atoms with Crippen LogP contribution < -0.4 is 21.3 Å². The first kappa shape index (κ1) is 52.9. The predicted octanol–water partition coefficient (Wildman–Crippen LogP) is -1.79. The Morgan fingerprint density at radius 3 is 1.20 bits per heavy atom. The third kappa shape index (κ3) is 36.7. The molecule has 1 rings (SSSR count). The average molecular weight is 848 g/mol. The van der Waals surface area contributed by atoms with Gasteiger partial charge in [0, 0.05) is 45.8 Å². The molecule has 0 saturated carbocycles. The third-order valence-electron chi connectivity index (χ3n) is 7.54. The van der Waals surface area contributed by atoms with Crippen LogP contribution in [0.25, 0.3) is 0 Å². The standard InChI is InChI=1S/C36H62BN5O17/c37-30(43)25-42-11-19-56-33(46)28-54-26-31(44)38-7-15-50-21-23-52-17-9-40-35(48)58-13-5-3-1-2-4-6-14-59-36(49)41-10-18-53-24-22-51-16-8-39-32(45)27-55-29-34(47)57-20-12-42/h1-29H2,(H,38,44)(H,39,45)(H,40,48)(H,41,49). The fourth-order valence-electron chi connectivity index (χ4n) is 4.67. The van der Waals surface area contributed by atoms with E-state index in [-0.39, 0.29) is 125 Å². The summed E-state index contributed by atoms with van der Waals surface area (Å²) in [5, 5.41) is 10.4. The highest BCUT2D eigenvalue weighted by Gasteiger charge is 2.13. The van der Waals surface area contributed by atoms with Gasteiger partial charge in [0.1, 0.15) is 39.6 Å². The quantitative estimate of drug-likeness (QED) is 0.136. The van der Waals surface area contributed by atoms with Crippen LogP contribution in [0.5, 0.6) is 0 Å². The second-order valence-electron chi connectivity index (χ2n) is 12.6. The molecule has 1 fully saturated rings. The van der Waals surface area contributed by atoms with Crippen LogP contribution in [0.4, 0.5) is 9.59 Å². The summed E-state index contributed by atoms with van der Waals surface area (Å²) in [6.45, 7) is 1.67. The lowest BCUT2D eigenvalue weighted by atomic mass is 10.0. The number of rotatable bonds is 2. The molecule has 0 spiro atoms. The number of nitrogens with zero attached hydrogens (tertiary/aromatic N) is 1. The van der Waals surface area contributed by atoms with Crippen molar-refractivity contribution in [3.63, 3.8) is 0 Å². The monoisotopic (exact) mass is 847 g/mol. The van der Waals surface area contributed by atoms with Crippen LogP contribution in [0, 0.1) is 0 Å². The van der Waals surface area contributed by atoms with Crippen molar-refractivity contribution in [2.24, 2.45) is 0 Å². The first-order valence-corrected chi connectivity index (χ1v) is 19.8. The molecule has 0 bridgehead atoms. The van der Waals surface area contributed by atoms with E-state index in [4.69, 9.17) is 55.2 Å². The van der Waals surface area contributed by atoms with E-state index in [1.54, 1.807) is 0 Å². The molecule has 0 aromatic carbocycles. The highest BCUT2D eigenvalue weighted by Crippen LogP contribution is 2.06. The molecule has 2 radical (unpaired) electrons.